The topological polar surface area (TPSA) is 97.0 Å². The van der Waals surface area contributed by atoms with Gasteiger partial charge in [-0.2, -0.15) is 0 Å². The second kappa shape index (κ2) is 10.4. The molecule has 2 aromatic rings. The van der Waals surface area contributed by atoms with Gasteiger partial charge in [-0.05, 0) is 62.2 Å². The van der Waals surface area contributed by atoms with Gasteiger partial charge in [-0.25, -0.2) is 0 Å². The van der Waals surface area contributed by atoms with Gasteiger partial charge < -0.3 is 20.1 Å². The van der Waals surface area contributed by atoms with E-state index in [0.29, 0.717) is 33.5 Å². The van der Waals surface area contributed by atoms with Crippen LogP contribution in [-0.4, -0.2) is 38.0 Å². The van der Waals surface area contributed by atoms with Gasteiger partial charge in [-0.15, -0.1) is 0 Å². The highest BCUT2D eigenvalue weighted by Crippen LogP contribution is 2.34. The van der Waals surface area contributed by atoms with Crippen molar-refractivity contribution in [3.05, 3.63) is 58.3 Å². The van der Waals surface area contributed by atoms with E-state index in [1.807, 2.05) is 26.0 Å². The molecule has 2 amide bonds. The summed E-state index contributed by atoms with van der Waals surface area (Å²) in [4.78, 5) is 39.4. The standard InChI is InChI=1S/C24H26ClN3O5/c1-5-33-24(31)12-17-11-23(30)28(20-9-15(3)14(2)8-18(20)26-17)13-22(29)27-19-10-16(25)6-7-21(19)32-4/h6-11,26H,5,12-13H2,1-4H3,(H,27,29). The van der Waals surface area contributed by atoms with Crippen molar-refractivity contribution in [3.8, 4) is 5.75 Å². The Labute approximate surface area is 197 Å². The summed E-state index contributed by atoms with van der Waals surface area (Å²) < 4.78 is 10.3. The lowest BCUT2D eigenvalue weighted by Gasteiger charge is -2.23. The summed E-state index contributed by atoms with van der Waals surface area (Å²) in [7, 11) is 1.49. The minimum atomic E-state index is -0.450. The van der Waals surface area contributed by atoms with E-state index in [4.69, 9.17) is 21.1 Å². The second-order valence-electron chi connectivity index (χ2n) is 7.55. The molecule has 1 heterocycles. The smallest absolute Gasteiger partial charge is 0.311 e. The molecule has 0 aromatic heterocycles. The SMILES string of the molecule is CCOC(=O)CC1=CC(=O)N(CC(=O)Nc2cc(Cl)ccc2OC)c2cc(C)c(C)cc2N1. The third-order valence-electron chi connectivity index (χ3n) is 5.14. The normalized spacial score (nSPS) is 12.8. The molecule has 3 rings (SSSR count). The van der Waals surface area contributed by atoms with Gasteiger partial charge in [0, 0.05) is 16.8 Å². The van der Waals surface area contributed by atoms with Gasteiger partial charge in [0.15, 0.2) is 0 Å². The number of rotatable bonds is 7. The fourth-order valence-electron chi connectivity index (χ4n) is 3.42. The van der Waals surface area contributed by atoms with Crippen LogP contribution in [0.25, 0.3) is 0 Å². The van der Waals surface area contributed by atoms with Crippen LogP contribution >= 0.6 is 11.6 Å². The van der Waals surface area contributed by atoms with Crippen molar-refractivity contribution in [1.29, 1.82) is 0 Å². The average Bonchev–Trinajstić information content (AvgIpc) is 2.85. The maximum Gasteiger partial charge on any atom is 0.311 e. The lowest BCUT2D eigenvalue weighted by Crippen LogP contribution is -2.37. The second-order valence-corrected chi connectivity index (χ2v) is 7.98. The van der Waals surface area contributed by atoms with Crippen molar-refractivity contribution in [3.63, 3.8) is 0 Å². The Morgan fingerprint density at radius 2 is 1.88 bits per heavy atom. The fourth-order valence-corrected chi connectivity index (χ4v) is 3.59. The average molecular weight is 472 g/mol. The summed E-state index contributed by atoms with van der Waals surface area (Å²) in [5, 5.41) is 6.34. The zero-order chi connectivity index (χ0) is 24.1. The third kappa shape index (κ3) is 5.84. The van der Waals surface area contributed by atoms with Crippen LogP contribution in [0.1, 0.15) is 24.5 Å². The predicted octanol–water partition coefficient (Wildman–Crippen LogP) is 4.20. The Balaban J connectivity index is 1.92. The lowest BCUT2D eigenvalue weighted by atomic mass is 10.1. The van der Waals surface area contributed by atoms with Gasteiger partial charge in [-0.3, -0.25) is 19.3 Å². The van der Waals surface area contributed by atoms with E-state index < -0.39 is 17.8 Å². The number of amides is 2. The molecule has 0 bridgehead atoms. The molecule has 0 spiro atoms. The molecule has 1 aliphatic heterocycles. The molecule has 0 saturated carbocycles. The third-order valence-corrected chi connectivity index (χ3v) is 5.37. The van der Waals surface area contributed by atoms with Crippen LogP contribution in [0.3, 0.4) is 0 Å². The van der Waals surface area contributed by atoms with Gasteiger partial charge in [0.1, 0.15) is 12.3 Å². The molecule has 2 N–H and O–H groups in total. The van der Waals surface area contributed by atoms with Crippen molar-refractivity contribution in [2.75, 3.05) is 35.8 Å². The van der Waals surface area contributed by atoms with E-state index >= 15 is 0 Å². The van der Waals surface area contributed by atoms with Crippen molar-refractivity contribution in [2.45, 2.75) is 27.2 Å². The number of nitrogens with one attached hydrogen (secondary N) is 2. The zero-order valence-corrected chi connectivity index (χ0v) is 19.7. The lowest BCUT2D eigenvalue weighted by molar-refractivity contribution is -0.142. The quantitative estimate of drug-likeness (QED) is 0.587. The minimum absolute atomic E-state index is 0.0916. The number of carbonyl (C=O) groups excluding carboxylic acids is 3. The largest absolute Gasteiger partial charge is 0.495 e. The maximum absolute atomic E-state index is 13.1. The minimum Gasteiger partial charge on any atom is -0.495 e. The fraction of sp³-hybridized carbons (Fsp3) is 0.292. The first-order valence-corrected chi connectivity index (χ1v) is 10.8. The highest BCUT2D eigenvalue weighted by molar-refractivity contribution is 6.31. The summed E-state index contributed by atoms with van der Waals surface area (Å²) >= 11 is 6.05. The van der Waals surface area contributed by atoms with Gasteiger partial charge in [0.05, 0.1) is 37.2 Å². The molecule has 33 heavy (non-hydrogen) atoms. The van der Waals surface area contributed by atoms with Crippen molar-refractivity contribution in [1.82, 2.24) is 0 Å². The van der Waals surface area contributed by atoms with E-state index in [0.717, 1.165) is 11.1 Å². The molecule has 2 aromatic carbocycles. The number of ether oxygens (including phenoxy) is 2. The summed E-state index contributed by atoms with van der Waals surface area (Å²) in [5.41, 5.74) is 3.90. The van der Waals surface area contributed by atoms with E-state index in [2.05, 4.69) is 10.6 Å². The number of fused-ring (bicyclic) bond motifs is 1. The molecular formula is C24H26ClN3O5. The Morgan fingerprint density at radius 3 is 2.58 bits per heavy atom. The van der Waals surface area contributed by atoms with Gasteiger partial charge >= 0.3 is 5.97 Å². The van der Waals surface area contributed by atoms with E-state index in [1.54, 1.807) is 25.1 Å². The first kappa shape index (κ1) is 24.1. The Morgan fingerprint density at radius 1 is 1.15 bits per heavy atom. The van der Waals surface area contributed by atoms with Crippen molar-refractivity contribution in [2.24, 2.45) is 0 Å². The number of aryl methyl sites for hydroxylation is 2. The van der Waals surface area contributed by atoms with E-state index in [9.17, 15) is 14.4 Å². The molecule has 0 fully saturated rings. The zero-order valence-electron chi connectivity index (χ0n) is 19.0. The van der Waals surface area contributed by atoms with Gasteiger partial charge in [-0.1, -0.05) is 11.6 Å². The monoisotopic (exact) mass is 471 g/mol. The number of hydrogen-bond donors (Lipinski definition) is 2. The predicted molar refractivity (Wildman–Crippen MR) is 128 cm³/mol. The number of carbonyl (C=O) groups is 3. The number of hydrogen-bond acceptors (Lipinski definition) is 6. The van der Waals surface area contributed by atoms with Crippen LogP contribution in [-0.2, 0) is 19.1 Å². The van der Waals surface area contributed by atoms with Crippen molar-refractivity contribution < 1.29 is 23.9 Å². The number of benzene rings is 2. The van der Waals surface area contributed by atoms with Crippen LogP contribution in [0.2, 0.25) is 5.02 Å². The van der Waals surface area contributed by atoms with Crippen LogP contribution in [0, 0.1) is 13.8 Å². The molecule has 0 saturated heterocycles. The molecule has 0 aliphatic carbocycles. The first-order chi connectivity index (χ1) is 15.7. The molecule has 0 atom stereocenters. The molecule has 9 heteroatoms. The molecule has 0 unspecified atom stereocenters. The highest BCUT2D eigenvalue weighted by Gasteiger charge is 2.26. The van der Waals surface area contributed by atoms with Gasteiger partial charge in [0.2, 0.25) is 5.91 Å². The van der Waals surface area contributed by atoms with Crippen LogP contribution in [0.5, 0.6) is 5.75 Å². The van der Waals surface area contributed by atoms with Crippen LogP contribution in [0.4, 0.5) is 17.1 Å². The summed E-state index contributed by atoms with van der Waals surface area (Å²) in [6, 6.07) is 8.59. The number of nitrogens with zero attached hydrogens (tertiary/aromatic N) is 1. The number of methoxy groups -OCH3 is 1. The molecule has 1 aliphatic rings. The van der Waals surface area contributed by atoms with Gasteiger partial charge in [0.25, 0.3) is 5.91 Å². The Hall–Kier alpha value is -3.52. The highest BCUT2D eigenvalue weighted by atomic mass is 35.5. The molecular weight excluding hydrogens is 446 g/mol. The van der Waals surface area contributed by atoms with E-state index in [-0.39, 0.29) is 19.6 Å². The summed E-state index contributed by atoms with van der Waals surface area (Å²) in [6.07, 6.45) is 1.22. The molecule has 0 radical (unpaired) electrons. The Bertz CT molecular complexity index is 1130. The first-order valence-electron chi connectivity index (χ1n) is 10.4. The molecule has 174 valence electrons. The van der Waals surface area contributed by atoms with Crippen LogP contribution in [0.15, 0.2) is 42.1 Å². The number of halogens is 1. The number of esters is 1. The molecule has 8 nitrogen and oxygen atoms in total. The number of anilines is 3. The Kier molecular flexibility index (Phi) is 7.60. The summed E-state index contributed by atoms with van der Waals surface area (Å²) in [5.74, 6) is -0.874. The van der Waals surface area contributed by atoms with Crippen molar-refractivity contribution >= 4 is 46.4 Å². The van der Waals surface area contributed by atoms with Crippen LogP contribution < -0.4 is 20.3 Å². The summed E-state index contributed by atoms with van der Waals surface area (Å²) in [6.45, 7) is 5.58. The maximum atomic E-state index is 13.1. The van der Waals surface area contributed by atoms with E-state index in [1.165, 1.54) is 18.1 Å².